The molecule has 10 nitrogen and oxygen atoms in total. The van der Waals surface area contributed by atoms with Crippen LogP contribution in [0.25, 0.3) is 11.8 Å². The lowest BCUT2D eigenvalue weighted by Crippen LogP contribution is -2.25. The van der Waals surface area contributed by atoms with Crippen molar-refractivity contribution in [2.75, 3.05) is 5.01 Å². The number of nitrogens with zero attached hydrogens (tertiary/aromatic N) is 4. The number of halogens is 6. The van der Waals surface area contributed by atoms with Crippen molar-refractivity contribution >= 4 is 105 Å². The summed E-state index contributed by atoms with van der Waals surface area (Å²) in [5.41, 5.74) is -0.760. The van der Waals surface area contributed by atoms with Gasteiger partial charge in [0.1, 0.15) is 11.4 Å². The number of hydrogen-bond donors (Lipinski definition) is 0. The number of carbonyl (C=O) groups is 3. The van der Waals surface area contributed by atoms with Crippen LogP contribution in [-0.4, -0.2) is 45.5 Å². The van der Waals surface area contributed by atoms with Crippen LogP contribution in [0.2, 0.25) is 30.1 Å². The number of ether oxygens (including phenoxy) is 2. The zero-order valence-corrected chi connectivity index (χ0v) is 30.8. The van der Waals surface area contributed by atoms with Crippen molar-refractivity contribution in [1.82, 2.24) is 9.78 Å². The summed E-state index contributed by atoms with van der Waals surface area (Å²) in [7, 11) is 0. The van der Waals surface area contributed by atoms with Gasteiger partial charge in [-0.25, -0.2) is 14.3 Å². The molecule has 0 fully saturated rings. The monoisotopic (exact) mass is 785 g/mol. The Balaban J connectivity index is 1.72. The molecule has 2 atom stereocenters. The van der Waals surface area contributed by atoms with Crippen molar-refractivity contribution in [2.45, 2.75) is 52.7 Å². The van der Waals surface area contributed by atoms with Gasteiger partial charge in [-0.2, -0.15) is 15.2 Å². The Bertz CT molecular complexity index is 1890. The number of anilines is 1. The lowest BCUT2D eigenvalue weighted by Gasteiger charge is -2.15. The van der Waals surface area contributed by atoms with E-state index in [4.69, 9.17) is 79.1 Å². The van der Waals surface area contributed by atoms with Crippen molar-refractivity contribution in [1.29, 1.82) is 0 Å². The van der Waals surface area contributed by atoms with Gasteiger partial charge < -0.3 is 14.6 Å². The fourth-order valence-electron chi connectivity index (χ4n) is 4.22. The van der Waals surface area contributed by atoms with Crippen LogP contribution < -0.4 is 10.1 Å². The molecule has 1 aliphatic heterocycles. The molecule has 2 unspecified atom stereocenters. The number of amides is 1. The Morgan fingerprint density at radius 2 is 1.33 bits per heavy atom. The van der Waals surface area contributed by atoms with E-state index in [9.17, 15) is 19.5 Å². The Kier molecular flexibility index (Phi) is 12.9. The van der Waals surface area contributed by atoms with Gasteiger partial charge in [-0.05, 0) is 62.9 Å². The van der Waals surface area contributed by atoms with Crippen molar-refractivity contribution in [3.8, 4) is 11.6 Å². The van der Waals surface area contributed by atoms with Gasteiger partial charge in [-0.1, -0.05) is 108 Å². The summed E-state index contributed by atoms with van der Waals surface area (Å²) in [6.45, 7) is 7.05. The lowest BCUT2D eigenvalue weighted by atomic mass is 10.1. The van der Waals surface area contributed by atoms with Crippen LogP contribution in [0.15, 0.2) is 59.2 Å². The van der Waals surface area contributed by atoms with E-state index in [-0.39, 0.29) is 64.1 Å². The normalized spacial score (nSPS) is 15.4. The van der Waals surface area contributed by atoms with E-state index >= 15 is 0 Å². The summed E-state index contributed by atoms with van der Waals surface area (Å²) in [4.78, 5) is 39.7. The van der Waals surface area contributed by atoms with Gasteiger partial charge >= 0.3 is 11.9 Å². The lowest BCUT2D eigenvalue weighted by molar-refractivity contribution is -0.278. The first kappa shape index (κ1) is 38.3. The van der Waals surface area contributed by atoms with E-state index in [1.807, 2.05) is 13.8 Å². The Hall–Kier alpha value is -3.51. The smallest absolute Gasteiger partial charge is 0.359 e. The number of allylic oxidation sites excluding steroid dienone is 4. The summed E-state index contributed by atoms with van der Waals surface area (Å²) in [5, 5.41) is 23.4. The summed E-state index contributed by atoms with van der Waals surface area (Å²) in [6.07, 6.45) is 7.08. The maximum atomic E-state index is 13.5. The second-order valence-electron chi connectivity index (χ2n) is 10.6. The van der Waals surface area contributed by atoms with Crippen LogP contribution >= 0.6 is 69.6 Å². The molecule has 258 valence electrons. The van der Waals surface area contributed by atoms with Gasteiger partial charge in [0.05, 0.1) is 37.9 Å². The van der Waals surface area contributed by atoms with Gasteiger partial charge in [0.25, 0.3) is 5.91 Å². The molecule has 3 aromatic rings. The number of hydrazone groups is 1. The highest BCUT2D eigenvalue weighted by molar-refractivity contribution is 6.54. The SMILES string of the molecule is CCC(C)OC(=O)C1=NN(c2c(Cl)cc(Cl)cc2Cl)C(=O)\C1=C/C=C/C=C/c1c(C(=O)OC(C)CC)nn(-c2c(Cl)cc(Cl)cc2Cl)c1[O-]. The Morgan fingerprint density at radius 1 is 0.816 bits per heavy atom. The molecule has 4 rings (SSSR count). The van der Waals surface area contributed by atoms with Crippen LogP contribution in [0.4, 0.5) is 5.69 Å². The number of aromatic nitrogens is 2. The first-order chi connectivity index (χ1) is 23.2. The zero-order chi connectivity index (χ0) is 36.2. The molecule has 2 aromatic carbocycles. The van der Waals surface area contributed by atoms with Gasteiger partial charge in [-0.3, -0.25) is 4.79 Å². The summed E-state index contributed by atoms with van der Waals surface area (Å²) < 4.78 is 11.8. The number of rotatable bonds is 11. The second-order valence-corrected chi connectivity index (χ2v) is 13.1. The van der Waals surface area contributed by atoms with E-state index in [0.717, 1.165) is 9.69 Å². The first-order valence-electron chi connectivity index (χ1n) is 14.7. The summed E-state index contributed by atoms with van der Waals surface area (Å²) in [6, 6.07) is 5.52. The molecular weight excluding hydrogens is 761 g/mol. The van der Waals surface area contributed by atoms with Crippen molar-refractivity contribution in [2.24, 2.45) is 5.10 Å². The molecule has 0 radical (unpaired) electrons. The van der Waals surface area contributed by atoms with E-state index in [2.05, 4.69) is 10.2 Å². The van der Waals surface area contributed by atoms with Crippen LogP contribution in [0.3, 0.4) is 0 Å². The Morgan fingerprint density at radius 3 is 1.86 bits per heavy atom. The van der Waals surface area contributed by atoms with Crippen LogP contribution in [-0.2, 0) is 19.1 Å². The standard InChI is InChI=1S/C33H28Cl6N4O6/c1-5-16(3)48-32(46)26-20(30(44)42(40-26)28-22(36)12-18(34)13-23(28)37)10-8-7-9-11-21-27(33(47)49-17(4)6-2)41-43(31(21)45)29-24(38)14-19(35)15-25(29)39/h7-17,44H,5-6H2,1-4H3/p-1/b9-7+,10-8+,21-11-. The summed E-state index contributed by atoms with van der Waals surface area (Å²) in [5.74, 6) is -3.11. The molecule has 0 bridgehead atoms. The minimum atomic E-state index is -0.839. The maximum absolute atomic E-state index is 13.5. The molecule has 2 heterocycles. The molecule has 0 spiro atoms. The highest BCUT2D eigenvalue weighted by Crippen LogP contribution is 2.39. The van der Waals surface area contributed by atoms with E-state index in [1.54, 1.807) is 13.8 Å². The highest BCUT2D eigenvalue weighted by Gasteiger charge is 2.38. The topological polar surface area (TPSA) is 126 Å². The summed E-state index contributed by atoms with van der Waals surface area (Å²) >= 11 is 37.4. The first-order valence-corrected chi connectivity index (χ1v) is 16.9. The van der Waals surface area contributed by atoms with Crippen molar-refractivity contribution < 1.29 is 29.0 Å². The van der Waals surface area contributed by atoms with Gasteiger partial charge in [0, 0.05) is 15.6 Å². The number of esters is 2. The molecule has 0 aliphatic carbocycles. The molecule has 1 aliphatic rings. The average molecular weight is 788 g/mol. The molecule has 1 amide bonds. The number of benzene rings is 2. The molecule has 16 heteroatoms. The fourth-order valence-corrected chi connectivity index (χ4v) is 6.17. The number of hydrogen-bond acceptors (Lipinski definition) is 8. The van der Waals surface area contributed by atoms with E-state index < -0.39 is 35.9 Å². The quantitative estimate of drug-likeness (QED) is 0.108. The highest BCUT2D eigenvalue weighted by atomic mass is 35.5. The van der Waals surface area contributed by atoms with Crippen LogP contribution in [0, 0.1) is 0 Å². The minimum absolute atomic E-state index is 0.0246. The largest absolute Gasteiger partial charge is 0.858 e. The van der Waals surface area contributed by atoms with Crippen LogP contribution in [0.5, 0.6) is 5.88 Å². The second kappa shape index (κ2) is 16.5. The van der Waals surface area contributed by atoms with E-state index in [0.29, 0.717) is 12.8 Å². The third kappa shape index (κ3) is 8.63. The van der Waals surface area contributed by atoms with Gasteiger partial charge in [-0.15, -0.1) is 0 Å². The Labute approximate surface area is 312 Å². The predicted molar refractivity (Wildman–Crippen MR) is 192 cm³/mol. The average Bonchev–Trinajstić information content (AvgIpc) is 3.52. The predicted octanol–water partition coefficient (Wildman–Crippen LogP) is 9.06. The molecule has 0 saturated heterocycles. The van der Waals surface area contributed by atoms with Gasteiger partial charge in [0.15, 0.2) is 11.4 Å². The van der Waals surface area contributed by atoms with Gasteiger partial charge in [0.2, 0.25) is 0 Å². The fraction of sp³-hybridized carbons (Fsp3) is 0.242. The molecular formula is C33H27Cl6N4O6-. The molecule has 1 aromatic heterocycles. The molecule has 0 N–H and O–H groups in total. The van der Waals surface area contributed by atoms with E-state index in [1.165, 1.54) is 54.6 Å². The third-order valence-corrected chi connectivity index (χ3v) is 8.63. The maximum Gasteiger partial charge on any atom is 0.359 e. The molecule has 0 saturated carbocycles. The zero-order valence-electron chi connectivity index (χ0n) is 26.3. The van der Waals surface area contributed by atoms with Crippen molar-refractivity contribution in [3.05, 3.63) is 95.5 Å². The van der Waals surface area contributed by atoms with Crippen molar-refractivity contribution in [3.63, 3.8) is 0 Å². The number of carbonyl (C=O) groups excluding carboxylic acids is 3. The minimum Gasteiger partial charge on any atom is -0.858 e. The van der Waals surface area contributed by atoms with Crippen LogP contribution in [0.1, 0.15) is 56.6 Å². The third-order valence-electron chi connectivity index (χ3n) is 7.04. The molecule has 49 heavy (non-hydrogen) atoms.